The molecule has 0 aromatic carbocycles. The predicted molar refractivity (Wildman–Crippen MR) is 86.1 cm³/mol. The highest BCUT2D eigenvalue weighted by Gasteiger charge is 2.41. The Hall–Kier alpha value is -2.21. The van der Waals surface area contributed by atoms with Gasteiger partial charge in [-0.1, -0.05) is 0 Å². The van der Waals surface area contributed by atoms with E-state index in [1.807, 2.05) is 0 Å². The minimum absolute atomic E-state index is 0.0735. The lowest BCUT2D eigenvalue weighted by Crippen LogP contribution is -2.52. The number of aliphatic imine (C=N–C) groups is 1. The maximum atomic E-state index is 11.5. The number of hydrogen-bond acceptors (Lipinski definition) is 7. The van der Waals surface area contributed by atoms with Crippen LogP contribution in [0.15, 0.2) is 16.4 Å². The molecule has 0 aliphatic carbocycles. The van der Waals surface area contributed by atoms with Gasteiger partial charge in [-0.3, -0.25) is 4.79 Å². The van der Waals surface area contributed by atoms with Crippen LogP contribution in [-0.2, 0) is 19.1 Å². The van der Waals surface area contributed by atoms with Crippen molar-refractivity contribution in [1.29, 1.82) is 0 Å². The largest absolute Gasteiger partial charge is 0.479 e. The van der Waals surface area contributed by atoms with Crippen LogP contribution in [0.4, 0.5) is 0 Å². The molecule has 0 radical (unpaired) electrons. The zero-order valence-electron chi connectivity index (χ0n) is 14.0. The topological polar surface area (TPSA) is 190 Å². The van der Waals surface area contributed by atoms with E-state index in [1.165, 1.54) is 6.92 Å². The lowest BCUT2D eigenvalue weighted by molar-refractivity contribution is -0.170. The summed E-state index contributed by atoms with van der Waals surface area (Å²) in [6.45, 7) is 2.36. The van der Waals surface area contributed by atoms with Crippen molar-refractivity contribution in [2.24, 2.45) is 16.5 Å². The van der Waals surface area contributed by atoms with Gasteiger partial charge in [0.2, 0.25) is 5.91 Å². The summed E-state index contributed by atoms with van der Waals surface area (Å²) in [4.78, 5) is 26.8. The van der Waals surface area contributed by atoms with Crippen LogP contribution in [-0.4, -0.2) is 70.8 Å². The number of nitrogens with one attached hydrogen (secondary N) is 1. The number of aliphatic hydroxyl groups is 2. The minimum Gasteiger partial charge on any atom is -0.479 e. The maximum absolute atomic E-state index is 11.5. The molecule has 3 unspecified atom stereocenters. The van der Waals surface area contributed by atoms with E-state index in [1.54, 1.807) is 6.92 Å². The van der Waals surface area contributed by atoms with Gasteiger partial charge in [-0.2, -0.15) is 0 Å². The highest BCUT2D eigenvalue weighted by atomic mass is 16.6. The molecule has 142 valence electrons. The van der Waals surface area contributed by atoms with Gasteiger partial charge in [0, 0.05) is 20.0 Å². The number of nitrogens with two attached hydrogens (primary N) is 2. The zero-order chi connectivity index (χ0) is 19.1. The molecule has 8 N–H and O–H groups in total. The molecule has 11 heteroatoms. The van der Waals surface area contributed by atoms with Crippen molar-refractivity contribution in [2.75, 3.05) is 13.2 Å². The van der Waals surface area contributed by atoms with E-state index >= 15 is 0 Å². The molecule has 1 aliphatic heterocycles. The van der Waals surface area contributed by atoms with Crippen molar-refractivity contribution in [3.8, 4) is 0 Å². The number of amides is 1. The summed E-state index contributed by atoms with van der Waals surface area (Å²) >= 11 is 0. The second-order valence-electron chi connectivity index (χ2n) is 5.34. The number of aliphatic carboxylic acids is 1. The van der Waals surface area contributed by atoms with Gasteiger partial charge in [0.25, 0.3) is 0 Å². The summed E-state index contributed by atoms with van der Waals surface area (Å²) in [5.74, 6) is -2.09. The molecule has 1 rings (SSSR count). The number of guanidine groups is 1. The number of carboxylic acid groups (broad SMARTS) is 1. The molecule has 0 spiro atoms. The second-order valence-corrected chi connectivity index (χ2v) is 5.34. The molecule has 0 aromatic rings. The molecule has 0 saturated carbocycles. The quantitative estimate of drug-likeness (QED) is 0.202. The molecule has 1 heterocycles. The first-order valence-corrected chi connectivity index (χ1v) is 7.60. The number of carbonyl (C=O) groups excluding carboxylic acids is 1. The number of aliphatic hydroxyl groups excluding tert-OH is 2. The molecule has 0 aromatic heterocycles. The van der Waals surface area contributed by atoms with Crippen molar-refractivity contribution >= 4 is 17.8 Å². The predicted octanol–water partition coefficient (Wildman–Crippen LogP) is -2.39. The molecule has 1 aliphatic rings. The fraction of sp³-hybridized carbons (Fsp3) is 0.643. The van der Waals surface area contributed by atoms with Crippen LogP contribution in [0, 0.1) is 0 Å². The normalized spacial score (nSPS) is 22.9. The third-order valence-corrected chi connectivity index (χ3v) is 3.36. The molecule has 0 fully saturated rings. The monoisotopic (exact) mass is 360 g/mol. The average Bonchev–Trinajstić information content (AvgIpc) is 2.52. The smallest absolute Gasteiger partial charge is 0.333 e. The van der Waals surface area contributed by atoms with Gasteiger partial charge in [0.1, 0.15) is 18.3 Å². The molecular formula is C14H24N4O7. The summed E-state index contributed by atoms with van der Waals surface area (Å²) < 4.78 is 10.9. The Kier molecular flexibility index (Phi) is 7.77. The number of hydrogen-bond donors (Lipinski definition) is 6. The Morgan fingerprint density at radius 2 is 2.12 bits per heavy atom. The first-order valence-electron chi connectivity index (χ1n) is 7.60. The van der Waals surface area contributed by atoms with E-state index in [2.05, 4.69) is 10.3 Å². The van der Waals surface area contributed by atoms with Crippen LogP contribution < -0.4 is 16.8 Å². The third kappa shape index (κ3) is 5.67. The van der Waals surface area contributed by atoms with E-state index in [-0.39, 0.29) is 30.4 Å². The van der Waals surface area contributed by atoms with Crippen LogP contribution >= 0.6 is 0 Å². The first-order chi connectivity index (χ1) is 11.7. The lowest BCUT2D eigenvalue weighted by atomic mass is 9.97. The molecule has 1 amide bonds. The molecule has 0 saturated heterocycles. The Bertz CT molecular complexity index is 559. The number of ether oxygens (including phenoxy) is 2. The number of carbonyl (C=O) groups is 2. The molecule has 25 heavy (non-hydrogen) atoms. The lowest BCUT2D eigenvalue weighted by Gasteiger charge is -2.37. The average molecular weight is 360 g/mol. The Morgan fingerprint density at radius 3 is 2.56 bits per heavy atom. The number of nitrogens with zero attached hydrogens (tertiary/aromatic N) is 1. The maximum Gasteiger partial charge on any atom is 0.333 e. The SMILES string of the molecule is CCOC(C(O)CO)C1O[C@H](C(=O)O)CC(N=C(N)N)=C1NC(C)=O. The Balaban J connectivity index is 3.45. The van der Waals surface area contributed by atoms with Gasteiger partial charge in [0.15, 0.2) is 12.1 Å². The molecular weight excluding hydrogens is 336 g/mol. The first kappa shape index (κ1) is 20.8. The van der Waals surface area contributed by atoms with Crippen LogP contribution in [0.1, 0.15) is 20.3 Å². The van der Waals surface area contributed by atoms with Gasteiger partial charge in [-0.25, -0.2) is 9.79 Å². The Labute approximate surface area is 144 Å². The van der Waals surface area contributed by atoms with Gasteiger partial charge < -0.3 is 41.6 Å². The molecule has 11 nitrogen and oxygen atoms in total. The highest BCUT2D eigenvalue weighted by Crippen LogP contribution is 2.29. The van der Waals surface area contributed by atoms with Crippen LogP contribution in [0.25, 0.3) is 0 Å². The van der Waals surface area contributed by atoms with Gasteiger partial charge >= 0.3 is 5.97 Å². The Morgan fingerprint density at radius 1 is 1.48 bits per heavy atom. The summed E-state index contributed by atoms with van der Waals surface area (Å²) in [5, 5.41) is 31.0. The minimum atomic E-state index is -1.39. The summed E-state index contributed by atoms with van der Waals surface area (Å²) in [6, 6.07) is 0. The van der Waals surface area contributed by atoms with E-state index in [4.69, 9.17) is 20.9 Å². The van der Waals surface area contributed by atoms with E-state index in [0.717, 1.165) is 0 Å². The standard InChI is InChI=1S/C14H24N4O7/c1-3-24-11(8(21)5-19)12-10(17-6(2)20)7(18-14(15)16)4-9(25-12)13(22)23/h8-9,11-12,19,21H,3-5H2,1-2H3,(H,17,20)(H,22,23)(H4,15,16,18)/t8?,9-,11?,12?/m0/s1. The van der Waals surface area contributed by atoms with Gasteiger partial charge in [-0.15, -0.1) is 0 Å². The van der Waals surface area contributed by atoms with Crippen molar-refractivity contribution in [2.45, 2.75) is 44.7 Å². The fourth-order valence-corrected chi connectivity index (χ4v) is 2.42. The number of rotatable bonds is 8. The summed E-state index contributed by atoms with van der Waals surface area (Å²) in [5.41, 5.74) is 10.9. The second kappa shape index (κ2) is 9.32. The highest BCUT2D eigenvalue weighted by molar-refractivity contribution is 5.79. The van der Waals surface area contributed by atoms with Crippen LogP contribution in [0.3, 0.4) is 0 Å². The van der Waals surface area contributed by atoms with Crippen molar-refractivity contribution in [1.82, 2.24) is 5.32 Å². The fourth-order valence-electron chi connectivity index (χ4n) is 2.42. The molecule has 4 atom stereocenters. The van der Waals surface area contributed by atoms with Gasteiger partial charge in [0.05, 0.1) is 18.0 Å². The van der Waals surface area contributed by atoms with E-state index in [9.17, 15) is 24.9 Å². The van der Waals surface area contributed by atoms with E-state index < -0.39 is 42.9 Å². The zero-order valence-corrected chi connectivity index (χ0v) is 14.0. The summed E-state index contributed by atoms with van der Waals surface area (Å²) in [7, 11) is 0. The van der Waals surface area contributed by atoms with Crippen molar-refractivity contribution < 1.29 is 34.4 Å². The summed E-state index contributed by atoms with van der Waals surface area (Å²) in [6.07, 6.45) is -5.27. The van der Waals surface area contributed by atoms with Gasteiger partial charge in [-0.05, 0) is 6.92 Å². The van der Waals surface area contributed by atoms with E-state index in [0.29, 0.717) is 0 Å². The van der Waals surface area contributed by atoms with Crippen molar-refractivity contribution in [3.63, 3.8) is 0 Å². The third-order valence-electron chi connectivity index (χ3n) is 3.36. The van der Waals surface area contributed by atoms with Crippen molar-refractivity contribution in [3.05, 3.63) is 11.4 Å². The van der Waals surface area contributed by atoms with Crippen LogP contribution in [0.2, 0.25) is 0 Å². The van der Waals surface area contributed by atoms with Crippen LogP contribution in [0.5, 0.6) is 0 Å². The number of carboxylic acids is 1. The molecule has 0 bridgehead atoms.